The van der Waals surface area contributed by atoms with Gasteiger partial charge in [-0.1, -0.05) is 34.6 Å². The summed E-state index contributed by atoms with van der Waals surface area (Å²) >= 11 is 0. The van der Waals surface area contributed by atoms with Gasteiger partial charge >= 0.3 is 0 Å². The average Bonchev–Trinajstić information content (AvgIpc) is 2.69. The second kappa shape index (κ2) is 14.4. The quantitative estimate of drug-likeness (QED) is 0.424. The predicted molar refractivity (Wildman–Crippen MR) is 109 cm³/mol. The largest absolute Gasteiger partial charge is 0.497 e. The van der Waals surface area contributed by atoms with Gasteiger partial charge in [0.2, 0.25) is 0 Å². The molecule has 3 aromatic rings. The van der Waals surface area contributed by atoms with Crippen molar-refractivity contribution in [1.29, 1.82) is 0 Å². The average molecular weight is 437 g/mol. The smallest absolute Gasteiger partial charge is 0.124 e. The summed E-state index contributed by atoms with van der Waals surface area (Å²) in [6.45, 7) is 10.2. The molecule has 1 radical (unpaired) electrons. The summed E-state index contributed by atoms with van der Waals surface area (Å²) in [7, 11) is 1.65. The van der Waals surface area contributed by atoms with Gasteiger partial charge < -0.3 is 9.47 Å². The zero-order valence-corrected chi connectivity index (χ0v) is 20.0. The minimum Gasteiger partial charge on any atom is -0.497 e. The van der Waals surface area contributed by atoms with E-state index in [4.69, 9.17) is 9.47 Å². The van der Waals surface area contributed by atoms with Crippen LogP contribution < -0.4 is 9.47 Å². The van der Waals surface area contributed by atoms with Gasteiger partial charge in [-0.15, -0.1) is 11.6 Å². The molecular weight excluding hydrogens is 409 g/mol. The molecule has 0 atom stereocenters. The van der Waals surface area contributed by atoms with Crippen LogP contribution in [0.15, 0.2) is 60.7 Å². The summed E-state index contributed by atoms with van der Waals surface area (Å²) in [6.07, 6.45) is 0. The number of benzene rings is 3. The Hall–Kier alpha value is -1.64. The minimum absolute atomic E-state index is 0. The van der Waals surface area contributed by atoms with E-state index in [1.54, 1.807) is 7.11 Å². The van der Waals surface area contributed by atoms with Gasteiger partial charge in [-0.3, -0.25) is 0 Å². The van der Waals surface area contributed by atoms with Crippen molar-refractivity contribution in [3.63, 3.8) is 0 Å². The summed E-state index contributed by atoms with van der Waals surface area (Å²) in [5, 5.41) is 0. The Morgan fingerprint density at radius 1 is 0.667 bits per heavy atom. The SMILES string of the molecule is CC.COc1ccc(Oc2cc[c-]cc2C)cc1.Cc1c[c-]ccc1C.[Y]. The molecule has 3 heteroatoms. The van der Waals surface area contributed by atoms with E-state index >= 15 is 0 Å². The molecule has 0 aliphatic carbocycles. The second-order valence-electron chi connectivity index (χ2n) is 5.48. The first-order chi connectivity index (χ1) is 12.6. The van der Waals surface area contributed by atoms with Crippen molar-refractivity contribution < 1.29 is 42.2 Å². The van der Waals surface area contributed by atoms with Crippen LogP contribution in [0.5, 0.6) is 17.2 Å². The van der Waals surface area contributed by atoms with E-state index in [0.717, 1.165) is 22.8 Å². The van der Waals surface area contributed by atoms with E-state index in [-0.39, 0.29) is 32.7 Å². The fraction of sp³-hybridized carbons (Fsp3) is 0.250. The van der Waals surface area contributed by atoms with E-state index in [9.17, 15) is 0 Å². The zero-order chi connectivity index (χ0) is 19.4. The normalized spacial score (nSPS) is 8.81. The number of aryl methyl sites for hydroxylation is 3. The third-order valence-corrected chi connectivity index (χ3v) is 3.66. The fourth-order valence-electron chi connectivity index (χ4n) is 1.98. The fourth-order valence-corrected chi connectivity index (χ4v) is 1.98. The molecule has 0 bridgehead atoms. The Kier molecular flexibility index (Phi) is 13.6. The molecule has 0 spiro atoms. The van der Waals surface area contributed by atoms with E-state index in [1.165, 1.54) is 11.1 Å². The third kappa shape index (κ3) is 9.22. The number of rotatable bonds is 3. The third-order valence-electron chi connectivity index (χ3n) is 3.66. The van der Waals surface area contributed by atoms with E-state index in [0.29, 0.717) is 0 Å². The van der Waals surface area contributed by atoms with Gasteiger partial charge in [0, 0.05) is 38.5 Å². The van der Waals surface area contributed by atoms with Gasteiger partial charge in [-0.2, -0.15) is 53.6 Å². The Bertz CT molecular complexity index is 746. The van der Waals surface area contributed by atoms with Gasteiger partial charge in [0.25, 0.3) is 0 Å². The van der Waals surface area contributed by atoms with Crippen molar-refractivity contribution in [2.75, 3.05) is 7.11 Å². The number of methoxy groups -OCH3 is 1. The van der Waals surface area contributed by atoms with E-state index in [1.807, 2.05) is 75.4 Å². The summed E-state index contributed by atoms with van der Waals surface area (Å²) in [4.78, 5) is 0. The molecule has 0 amide bonds. The first-order valence-electron chi connectivity index (χ1n) is 8.82. The maximum Gasteiger partial charge on any atom is 0.124 e. The van der Waals surface area contributed by atoms with Crippen molar-refractivity contribution in [3.8, 4) is 17.2 Å². The van der Waals surface area contributed by atoms with Crippen LogP contribution >= 0.6 is 0 Å². The first-order valence-corrected chi connectivity index (χ1v) is 8.82. The topological polar surface area (TPSA) is 18.5 Å². The molecule has 0 aliphatic heterocycles. The van der Waals surface area contributed by atoms with Crippen molar-refractivity contribution >= 4 is 0 Å². The summed E-state index contributed by atoms with van der Waals surface area (Å²) in [6, 6.07) is 25.2. The molecule has 3 rings (SSSR count). The van der Waals surface area contributed by atoms with E-state index < -0.39 is 0 Å². The van der Waals surface area contributed by atoms with Crippen LogP contribution in [0, 0.1) is 32.9 Å². The Balaban J connectivity index is 0.000000522. The molecular formula is C24H28O2Y-2. The molecule has 0 saturated carbocycles. The summed E-state index contributed by atoms with van der Waals surface area (Å²) in [5.41, 5.74) is 3.72. The molecule has 141 valence electrons. The number of hydrogen-bond donors (Lipinski definition) is 0. The Morgan fingerprint density at radius 3 is 1.63 bits per heavy atom. The zero-order valence-electron chi connectivity index (χ0n) is 17.2. The van der Waals surface area contributed by atoms with Crippen LogP contribution in [0.3, 0.4) is 0 Å². The van der Waals surface area contributed by atoms with Gasteiger partial charge in [0.15, 0.2) is 0 Å². The van der Waals surface area contributed by atoms with Crippen molar-refractivity contribution in [1.82, 2.24) is 0 Å². The molecule has 0 fully saturated rings. The maximum atomic E-state index is 5.73. The van der Waals surface area contributed by atoms with Crippen LogP contribution in [-0.2, 0) is 32.7 Å². The van der Waals surface area contributed by atoms with Crippen LogP contribution in [0.2, 0.25) is 0 Å². The second-order valence-corrected chi connectivity index (χ2v) is 5.48. The van der Waals surface area contributed by atoms with Crippen LogP contribution in [0.25, 0.3) is 0 Å². The molecule has 0 saturated heterocycles. The van der Waals surface area contributed by atoms with Gasteiger partial charge in [-0.05, 0) is 24.3 Å². The first kappa shape index (κ1) is 25.4. The molecule has 0 N–H and O–H groups in total. The number of hydrogen-bond acceptors (Lipinski definition) is 2. The number of ether oxygens (including phenoxy) is 2. The molecule has 0 unspecified atom stereocenters. The van der Waals surface area contributed by atoms with Crippen molar-refractivity contribution in [2.24, 2.45) is 0 Å². The molecule has 0 aromatic heterocycles. The monoisotopic (exact) mass is 437 g/mol. The molecule has 3 aromatic carbocycles. The molecule has 27 heavy (non-hydrogen) atoms. The van der Waals surface area contributed by atoms with Crippen molar-refractivity contribution in [2.45, 2.75) is 34.6 Å². The Labute approximate surface area is 189 Å². The minimum atomic E-state index is 0. The van der Waals surface area contributed by atoms with Gasteiger partial charge in [0.1, 0.15) is 11.5 Å². The molecule has 0 heterocycles. The van der Waals surface area contributed by atoms with Crippen LogP contribution in [0.4, 0.5) is 0 Å². The van der Waals surface area contributed by atoms with Gasteiger partial charge in [0.05, 0.1) is 7.11 Å². The van der Waals surface area contributed by atoms with Gasteiger partial charge in [-0.25, -0.2) is 0 Å². The molecule has 0 aliphatic rings. The summed E-state index contributed by atoms with van der Waals surface area (Å²) < 4.78 is 10.8. The van der Waals surface area contributed by atoms with E-state index in [2.05, 4.69) is 32.0 Å². The van der Waals surface area contributed by atoms with Crippen LogP contribution in [0.1, 0.15) is 30.5 Å². The summed E-state index contributed by atoms with van der Waals surface area (Å²) in [5.74, 6) is 2.48. The van der Waals surface area contributed by atoms with Crippen molar-refractivity contribution in [3.05, 3.63) is 89.5 Å². The standard InChI is InChI=1S/C14H13O2.C8H9.C2H6.Y/c1-11-5-3-4-6-14(11)16-13-9-7-12(15-2)8-10-13;1-7-5-3-4-6-8(7)2;1-2;/h4-10H,1-2H3;3,5-6H,1-2H3;1-2H3;/q2*-1;;. The maximum absolute atomic E-state index is 5.73. The Morgan fingerprint density at radius 2 is 1.19 bits per heavy atom. The van der Waals surface area contributed by atoms with Crippen LogP contribution in [-0.4, -0.2) is 7.11 Å². The predicted octanol–water partition coefficient (Wildman–Crippen LogP) is 6.72. The molecule has 2 nitrogen and oxygen atoms in total.